The topological polar surface area (TPSA) is 12.0 Å². The molecule has 0 saturated carbocycles. The maximum Gasteiger partial charge on any atom is 0.0406 e. The Labute approximate surface area is 149 Å². The molecule has 0 bridgehead atoms. The fraction of sp³-hybridized carbons (Fsp3) is 0.182. The van der Waals surface area contributed by atoms with E-state index < -0.39 is 0 Å². The molecule has 0 aliphatic carbocycles. The first-order valence-corrected chi connectivity index (χ1v) is 8.76. The molecule has 3 rings (SSSR count). The lowest BCUT2D eigenvalue weighted by atomic mass is 9.88. The molecule has 122 valence electrons. The maximum absolute atomic E-state index is 5.93. The molecule has 3 aromatic rings. The molecule has 0 amide bonds. The molecule has 0 unspecified atom stereocenters. The van der Waals surface area contributed by atoms with Crippen molar-refractivity contribution in [1.82, 2.24) is 5.32 Å². The quantitative estimate of drug-likeness (QED) is 0.550. The Morgan fingerprint density at radius 2 is 1.25 bits per heavy atom. The van der Waals surface area contributed by atoms with Crippen LogP contribution in [0.2, 0.25) is 5.02 Å². The normalized spacial score (nSPS) is 10.9. The van der Waals surface area contributed by atoms with Crippen molar-refractivity contribution in [3.63, 3.8) is 0 Å². The van der Waals surface area contributed by atoms with Crippen LogP contribution in [0.5, 0.6) is 0 Å². The number of nitrogens with one attached hydrogen (secondary N) is 1. The number of hydrogen-bond donors (Lipinski definition) is 1. The third kappa shape index (κ3) is 4.70. The van der Waals surface area contributed by atoms with Crippen molar-refractivity contribution in [1.29, 1.82) is 0 Å². The predicted octanol–water partition coefficient (Wildman–Crippen LogP) is 5.65. The van der Waals surface area contributed by atoms with Gasteiger partial charge in [0.1, 0.15) is 0 Å². The van der Waals surface area contributed by atoms with Crippen molar-refractivity contribution in [2.24, 2.45) is 0 Å². The van der Waals surface area contributed by atoms with Crippen molar-refractivity contribution in [2.45, 2.75) is 18.9 Å². The number of rotatable bonds is 7. The SMILES string of the molecule is Clc1ccc(CNCCC(c2ccccc2)c2ccccc2)cc1. The van der Waals surface area contributed by atoms with E-state index >= 15 is 0 Å². The highest BCUT2D eigenvalue weighted by molar-refractivity contribution is 6.30. The molecule has 0 aromatic heterocycles. The minimum atomic E-state index is 0.421. The number of benzene rings is 3. The molecule has 1 N–H and O–H groups in total. The van der Waals surface area contributed by atoms with E-state index in [1.165, 1.54) is 16.7 Å². The van der Waals surface area contributed by atoms with Gasteiger partial charge in [-0.25, -0.2) is 0 Å². The van der Waals surface area contributed by atoms with E-state index in [9.17, 15) is 0 Å². The fourth-order valence-corrected chi connectivity index (χ4v) is 3.10. The minimum Gasteiger partial charge on any atom is -0.313 e. The highest BCUT2D eigenvalue weighted by Gasteiger charge is 2.13. The van der Waals surface area contributed by atoms with Crippen molar-refractivity contribution in [3.05, 3.63) is 107 Å². The van der Waals surface area contributed by atoms with Crippen LogP contribution < -0.4 is 5.32 Å². The third-order valence-corrected chi connectivity index (χ3v) is 4.51. The summed E-state index contributed by atoms with van der Waals surface area (Å²) in [4.78, 5) is 0. The third-order valence-electron chi connectivity index (χ3n) is 4.26. The second-order valence-corrected chi connectivity index (χ2v) is 6.40. The van der Waals surface area contributed by atoms with Crippen LogP contribution in [0.3, 0.4) is 0 Å². The van der Waals surface area contributed by atoms with Crippen LogP contribution in [0.4, 0.5) is 0 Å². The van der Waals surface area contributed by atoms with Gasteiger partial charge in [0.25, 0.3) is 0 Å². The lowest BCUT2D eigenvalue weighted by molar-refractivity contribution is 0.611. The van der Waals surface area contributed by atoms with E-state index in [2.05, 4.69) is 78.1 Å². The zero-order valence-electron chi connectivity index (χ0n) is 13.7. The Morgan fingerprint density at radius 1 is 0.708 bits per heavy atom. The summed E-state index contributed by atoms with van der Waals surface area (Å²) in [7, 11) is 0. The molecule has 0 aliphatic rings. The van der Waals surface area contributed by atoms with E-state index in [-0.39, 0.29) is 0 Å². The van der Waals surface area contributed by atoms with E-state index in [1.54, 1.807) is 0 Å². The standard InChI is InChI=1S/C22H22ClN/c23-21-13-11-18(12-14-21)17-24-16-15-22(19-7-3-1-4-8-19)20-9-5-2-6-10-20/h1-14,22,24H,15-17H2. The first-order chi connectivity index (χ1) is 11.8. The van der Waals surface area contributed by atoms with E-state index in [0.29, 0.717) is 5.92 Å². The van der Waals surface area contributed by atoms with Gasteiger partial charge in [-0.2, -0.15) is 0 Å². The largest absolute Gasteiger partial charge is 0.313 e. The molecule has 1 nitrogen and oxygen atoms in total. The van der Waals surface area contributed by atoms with Crippen molar-refractivity contribution < 1.29 is 0 Å². The summed E-state index contributed by atoms with van der Waals surface area (Å²) >= 11 is 5.93. The lowest BCUT2D eigenvalue weighted by Crippen LogP contribution is -2.17. The van der Waals surface area contributed by atoms with Crippen LogP contribution in [-0.2, 0) is 6.54 Å². The average Bonchev–Trinajstić information content (AvgIpc) is 2.65. The molecule has 0 atom stereocenters. The van der Waals surface area contributed by atoms with Crippen molar-refractivity contribution in [2.75, 3.05) is 6.54 Å². The van der Waals surface area contributed by atoms with Gasteiger partial charge in [0, 0.05) is 17.5 Å². The maximum atomic E-state index is 5.93. The van der Waals surface area contributed by atoms with Gasteiger partial charge in [0.15, 0.2) is 0 Å². The second-order valence-electron chi connectivity index (χ2n) is 5.97. The highest BCUT2D eigenvalue weighted by Crippen LogP contribution is 2.27. The molecule has 2 heteroatoms. The van der Waals surface area contributed by atoms with Crippen LogP contribution in [0.25, 0.3) is 0 Å². The Kier molecular flexibility index (Phi) is 6.06. The van der Waals surface area contributed by atoms with Crippen LogP contribution in [0, 0.1) is 0 Å². The van der Waals surface area contributed by atoms with E-state index in [4.69, 9.17) is 11.6 Å². The van der Waals surface area contributed by atoms with Crippen LogP contribution in [0.1, 0.15) is 29.0 Å². The summed E-state index contributed by atoms with van der Waals surface area (Å²) in [6.45, 7) is 1.84. The molecule has 0 spiro atoms. The highest BCUT2D eigenvalue weighted by atomic mass is 35.5. The van der Waals surface area contributed by atoms with Gasteiger partial charge in [-0.15, -0.1) is 0 Å². The van der Waals surface area contributed by atoms with Crippen LogP contribution >= 0.6 is 11.6 Å². The summed E-state index contributed by atoms with van der Waals surface area (Å²) in [5, 5.41) is 4.33. The van der Waals surface area contributed by atoms with Crippen LogP contribution in [-0.4, -0.2) is 6.54 Å². The van der Waals surface area contributed by atoms with Gasteiger partial charge in [-0.3, -0.25) is 0 Å². The summed E-state index contributed by atoms with van der Waals surface area (Å²) in [5.41, 5.74) is 4.00. The summed E-state index contributed by atoms with van der Waals surface area (Å²) in [6, 6.07) is 29.5. The second kappa shape index (κ2) is 8.68. The molecular formula is C22H22ClN. The Hall–Kier alpha value is -2.09. The van der Waals surface area contributed by atoms with Gasteiger partial charge in [-0.05, 0) is 41.8 Å². The first kappa shape index (κ1) is 16.8. The van der Waals surface area contributed by atoms with Gasteiger partial charge in [-0.1, -0.05) is 84.4 Å². The monoisotopic (exact) mass is 335 g/mol. The average molecular weight is 336 g/mol. The zero-order chi connectivity index (χ0) is 16.6. The summed E-state index contributed by atoms with van der Waals surface area (Å²) in [6.07, 6.45) is 1.07. The molecule has 0 heterocycles. The molecule has 0 saturated heterocycles. The van der Waals surface area contributed by atoms with Gasteiger partial charge >= 0.3 is 0 Å². The first-order valence-electron chi connectivity index (χ1n) is 8.38. The molecule has 0 aliphatic heterocycles. The van der Waals surface area contributed by atoms with E-state index in [0.717, 1.165) is 24.5 Å². The molecular weight excluding hydrogens is 314 g/mol. The summed E-state index contributed by atoms with van der Waals surface area (Å²) in [5.74, 6) is 0.421. The fourth-order valence-electron chi connectivity index (χ4n) is 2.98. The number of halogens is 1. The number of hydrogen-bond acceptors (Lipinski definition) is 1. The molecule has 0 fully saturated rings. The van der Waals surface area contributed by atoms with Crippen molar-refractivity contribution in [3.8, 4) is 0 Å². The predicted molar refractivity (Wildman–Crippen MR) is 103 cm³/mol. The Balaban J connectivity index is 1.61. The lowest BCUT2D eigenvalue weighted by Gasteiger charge is -2.18. The molecule has 24 heavy (non-hydrogen) atoms. The van der Waals surface area contributed by atoms with Crippen molar-refractivity contribution >= 4 is 11.6 Å². The zero-order valence-corrected chi connectivity index (χ0v) is 14.4. The van der Waals surface area contributed by atoms with Gasteiger partial charge in [0.2, 0.25) is 0 Å². The smallest absolute Gasteiger partial charge is 0.0406 e. The van der Waals surface area contributed by atoms with Gasteiger partial charge < -0.3 is 5.32 Å². The Morgan fingerprint density at radius 3 is 1.79 bits per heavy atom. The van der Waals surface area contributed by atoms with E-state index in [1.807, 2.05) is 12.1 Å². The Bertz CT molecular complexity index is 683. The minimum absolute atomic E-state index is 0.421. The van der Waals surface area contributed by atoms with Gasteiger partial charge in [0.05, 0.1) is 0 Å². The molecule has 0 radical (unpaired) electrons. The summed E-state index contributed by atoms with van der Waals surface area (Å²) < 4.78 is 0. The van der Waals surface area contributed by atoms with Crippen LogP contribution in [0.15, 0.2) is 84.9 Å². The molecule has 3 aromatic carbocycles.